The zero-order valence-corrected chi connectivity index (χ0v) is 14.3. The summed E-state index contributed by atoms with van der Waals surface area (Å²) in [4.78, 5) is 15.0. The molecule has 2 N–H and O–H groups in total. The number of H-pyrrole nitrogens is 1. The zero-order valence-electron chi connectivity index (χ0n) is 13.5. The van der Waals surface area contributed by atoms with Crippen LogP contribution in [-0.2, 0) is 13.0 Å². The Labute approximate surface area is 138 Å². The molecule has 1 aromatic heterocycles. The summed E-state index contributed by atoms with van der Waals surface area (Å²) in [7, 11) is 0. The van der Waals surface area contributed by atoms with Crippen LogP contribution in [0.1, 0.15) is 61.3 Å². The van der Waals surface area contributed by atoms with E-state index in [0.717, 1.165) is 50.2 Å². The first-order valence-electron chi connectivity index (χ1n) is 8.30. The molecule has 1 saturated heterocycles. The standard InChI is InChI=1S/C16H26N4O.ClH/c1-3-5-11(2)14-6-4-9-20(14)16(21)15-12-10-17-8-7-13(12)18-19-15;/h11,14,17H,3-10H2,1-2H3,(H,18,19);1H. The third kappa shape index (κ3) is 3.15. The van der Waals surface area contributed by atoms with Crippen LogP contribution < -0.4 is 5.32 Å². The Balaban J connectivity index is 0.00000176. The molecule has 3 heterocycles. The quantitative estimate of drug-likeness (QED) is 0.893. The van der Waals surface area contributed by atoms with Crippen LogP contribution in [0.5, 0.6) is 0 Å². The molecule has 0 radical (unpaired) electrons. The van der Waals surface area contributed by atoms with Gasteiger partial charge in [0, 0.05) is 43.4 Å². The van der Waals surface area contributed by atoms with Crippen molar-refractivity contribution in [1.29, 1.82) is 0 Å². The second-order valence-corrected chi connectivity index (χ2v) is 6.43. The summed E-state index contributed by atoms with van der Waals surface area (Å²) in [6.45, 7) is 7.10. The molecule has 1 fully saturated rings. The first-order chi connectivity index (χ1) is 10.2. The molecule has 2 unspecified atom stereocenters. The lowest BCUT2D eigenvalue weighted by Gasteiger charge is -2.29. The number of aromatic amines is 1. The number of likely N-dealkylation sites (tertiary alicyclic amines) is 1. The van der Waals surface area contributed by atoms with Gasteiger partial charge in [0.05, 0.1) is 0 Å². The lowest BCUT2D eigenvalue weighted by molar-refractivity contribution is 0.0682. The van der Waals surface area contributed by atoms with Gasteiger partial charge in [0.25, 0.3) is 5.91 Å². The highest BCUT2D eigenvalue weighted by Crippen LogP contribution is 2.29. The van der Waals surface area contributed by atoms with E-state index in [9.17, 15) is 4.79 Å². The molecule has 0 saturated carbocycles. The molecule has 0 aliphatic carbocycles. The fraction of sp³-hybridized carbons (Fsp3) is 0.750. The van der Waals surface area contributed by atoms with Crippen LogP contribution in [0.3, 0.4) is 0 Å². The third-order valence-corrected chi connectivity index (χ3v) is 4.97. The number of amides is 1. The van der Waals surface area contributed by atoms with E-state index in [2.05, 4.69) is 34.3 Å². The monoisotopic (exact) mass is 326 g/mol. The van der Waals surface area contributed by atoms with Crippen LogP contribution in [0.2, 0.25) is 0 Å². The molecule has 22 heavy (non-hydrogen) atoms. The summed E-state index contributed by atoms with van der Waals surface area (Å²) < 4.78 is 0. The molecule has 0 spiro atoms. The van der Waals surface area contributed by atoms with E-state index in [1.807, 2.05) is 0 Å². The molecule has 1 amide bonds. The second-order valence-electron chi connectivity index (χ2n) is 6.43. The van der Waals surface area contributed by atoms with Crippen molar-refractivity contribution in [2.45, 2.75) is 58.5 Å². The van der Waals surface area contributed by atoms with Crippen molar-refractivity contribution >= 4 is 18.3 Å². The average Bonchev–Trinajstić information content (AvgIpc) is 3.14. The highest BCUT2D eigenvalue weighted by molar-refractivity contribution is 5.94. The fourth-order valence-corrected chi connectivity index (χ4v) is 3.82. The predicted molar refractivity (Wildman–Crippen MR) is 89.4 cm³/mol. The van der Waals surface area contributed by atoms with Crippen molar-refractivity contribution in [3.05, 3.63) is 17.0 Å². The Morgan fingerprint density at radius 3 is 3.09 bits per heavy atom. The average molecular weight is 327 g/mol. The number of rotatable bonds is 4. The van der Waals surface area contributed by atoms with Crippen LogP contribution in [0.15, 0.2) is 0 Å². The van der Waals surface area contributed by atoms with Gasteiger partial charge in [-0.2, -0.15) is 5.10 Å². The molecule has 2 atom stereocenters. The van der Waals surface area contributed by atoms with E-state index in [-0.39, 0.29) is 18.3 Å². The van der Waals surface area contributed by atoms with Gasteiger partial charge in [-0.25, -0.2) is 0 Å². The number of hydrogen-bond donors (Lipinski definition) is 2. The fourth-order valence-electron chi connectivity index (χ4n) is 3.82. The minimum Gasteiger partial charge on any atom is -0.334 e. The van der Waals surface area contributed by atoms with Crippen molar-refractivity contribution in [2.75, 3.05) is 13.1 Å². The normalized spacial score (nSPS) is 22.1. The smallest absolute Gasteiger partial charge is 0.274 e. The number of hydrogen-bond acceptors (Lipinski definition) is 3. The maximum Gasteiger partial charge on any atom is 0.274 e. The van der Waals surface area contributed by atoms with E-state index < -0.39 is 0 Å². The highest BCUT2D eigenvalue weighted by atomic mass is 35.5. The number of halogens is 1. The SMILES string of the molecule is CCCC(C)C1CCCN1C(=O)c1n[nH]c2c1CNCC2.Cl. The number of fused-ring (bicyclic) bond motifs is 1. The number of carbonyl (C=O) groups is 1. The minimum absolute atomic E-state index is 0. The Morgan fingerprint density at radius 2 is 2.32 bits per heavy atom. The molecule has 0 bridgehead atoms. The molecule has 2 aliphatic heterocycles. The van der Waals surface area contributed by atoms with Crippen molar-refractivity contribution in [2.24, 2.45) is 5.92 Å². The van der Waals surface area contributed by atoms with Crippen LogP contribution in [0.25, 0.3) is 0 Å². The molecule has 1 aromatic rings. The Hall–Kier alpha value is -1.07. The van der Waals surface area contributed by atoms with Gasteiger partial charge in [0.2, 0.25) is 0 Å². The van der Waals surface area contributed by atoms with E-state index in [1.165, 1.54) is 12.8 Å². The molecule has 2 aliphatic rings. The van der Waals surface area contributed by atoms with Crippen LogP contribution in [0, 0.1) is 5.92 Å². The van der Waals surface area contributed by atoms with Gasteiger partial charge < -0.3 is 10.2 Å². The van der Waals surface area contributed by atoms with E-state index in [4.69, 9.17) is 0 Å². The summed E-state index contributed by atoms with van der Waals surface area (Å²) in [5.41, 5.74) is 2.86. The third-order valence-electron chi connectivity index (χ3n) is 4.97. The maximum absolute atomic E-state index is 12.9. The van der Waals surface area contributed by atoms with E-state index in [1.54, 1.807) is 0 Å². The van der Waals surface area contributed by atoms with Crippen molar-refractivity contribution in [1.82, 2.24) is 20.4 Å². The summed E-state index contributed by atoms with van der Waals surface area (Å²) in [6, 6.07) is 0.390. The van der Waals surface area contributed by atoms with Crippen LogP contribution >= 0.6 is 12.4 Å². The van der Waals surface area contributed by atoms with Crippen molar-refractivity contribution in [3.8, 4) is 0 Å². The predicted octanol–water partition coefficient (Wildman–Crippen LogP) is 2.52. The lowest BCUT2D eigenvalue weighted by Crippen LogP contribution is -2.40. The first-order valence-corrected chi connectivity index (χ1v) is 8.30. The molecule has 3 rings (SSSR count). The Morgan fingerprint density at radius 1 is 1.50 bits per heavy atom. The minimum atomic E-state index is 0. The van der Waals surface area contributed by atoms with Crippen molar-refractivity contribution in [3.63, 3.8) is 0 Å². The number of nitrogens with one attached hydrogen (secondary N) is 2. The van der Waals surface area contributed by atoms with Gasteiger partial charge in [-0.3, -0.25) is 9.89 Å². The van der Waals surface area contributed by atoms with E-state index in [0.29, 0.717) is 17.7 Å². The molecule has 6 heteroatoms. The maximum atomic E-state index is 12.9. The summed E-state index contributed by atoms with van der Waals surface area (Å²) >= 11 is 0. The topological polar surface area (TPSA) is 61.0 Å². The largest absolute Gasteiger partial charge is 0.334 e. The molecular formula is C16H27ClN4O. The molecule has 124 valence electrons. The van der Waals surface area contributed by atoms with Gasteiger partial charge in [0.1, 0.15) is 0 Å². The zero-order chi connectivity index (χ0) is 14.8. The van der Waals surface area contributed by atoms with Gasteiger partial charge in [0.15, 0.2) is 5.69 Å². The Bertz CT molecular complexity index is 516. The highest BCUT2D eigenvalue weighted by Gasteiger charge is 2.35. The molecule has 0 aromatic carbocycles. The van der Waals surface area contributed by atoms with E-state index >= 15 is 0 Å². The van der Waals surface area contributed by atoms with Gasteiger partial charge in [-0.1, -0.05) is 20.3 Å². The first kappa shape index (κ1) is 17.3. The van der Waals surface area contributed by atoms with Crippen molar-refractivity contribution < 1.29 is 4.79 Å². The molecule has 5 nitrogen and oxygen atoms in total. The van der Waals surface area contributed by atoms with Crippen LogP contribution in [-0.4, -0.2) is 40.1 Å². The summed E-state index contributed by atoms with van der Waals surface area (Å²) in [5, 5.41) is 10.7. The van der Waals surface area contributed by atoms with Gasteiger partial charge in [-0.05, 0) is 25.2 Å². The van der Waals surface area contributed by atoms with Crippen LogP contribution in [0.4, 0.5) is 0 Å². The lowest BCUT2D eigenvalue weighted by atomic mass is 9.94. The number of nitrogens with zero attached hydrogens (tertiary/aromatic N) is 2. The number of aromatic nitrogens is 2. The summed E-state index contributed by atoms with van der Waals surface area (Å²) in [6.07, 6.45) is 5.56. The second kappa shape index (κ2) is 7.47. The van der Waals surface area contributed by atoms with Gasteiger partial charge >= 0.3 is 0 Å². The molecular weight excluding hydrogens is 300 g/mol. The number of carbonyl (C=O) groups excluding carboxylic acids is 1. The Kier molecular flexibility index (Phi) is 5.87. The van der Waals surface area contributed by atoms with Gasteiger partial charge in [-0.15, -0.1) is 12.4 Å². The summed E-state index contributed by atoms with van der Waals surface area (Å²) in [5.74, 6) is 0.705.